The maximum Gasteiger partial charge on any atom is 0.418 e. The van der Waals surface area contributed by atoms with Crippen LogP contribution >= 0.6 is 0 Å². The van der Waals surface area contributed by atoms with E-state index in [9.17, 15) is 18.0 Å². The molecule has 3 heterocycles. The first-order valence-corrected chi connectivity index (χ1v) is 8.83. The van der Waals surface area contributed by atoms with Crippen LogP contribution in [0.5, 0.6) is 0 Å². The molecule has 0 saturated carbocycles. The molecule has 26 heavy (non-hydrogen) atoms. The molecule has 0 aliphatic carbocycles. The summed E-state index contributed by atoms with van der Waals surface area (Å²) in [6.07, 6.45) is 0.593. The first-order chi connectivity index (χ1) is 12.2. The fraction of sp³-hybridized carbons (Fsp3) is 0.700. The standard InChI is InChI=1S/C10H16N8O7S/c11-9-12-15-17(13-9)3-4-24-14-8(19)7-2-1-6-5-16(7)10(20)18(6)25-26(21,22)23/h6-7H,1-5H2,(H2,11,13)(H,14,19)(H,21,22,23). The fourth-order valence-corrected chi connectivity index (χ4v) is 3.16. The summed E-state index contributed by atoms with van der Waals surface area (Å²) in [4.78, 5) is 31.8. The predicted molar refractivity (Wildman–Crippen MR) is 79.7 cm³/mol. The number of fused-ring (bicyclic) bond motifs is 2. The Morgan fingerprint density at radius 3 is 2.85 bits per heavy atom. The van der Waals surface area contributed by atoms with Crippen molar-refractivity contribution in [1.29, 1.82) is 0 Å². The molecular weight excluding hydrogens is 376 g/mol. The lowest BCUT2D eigenvalue weighted by Crippen LogP contribution is -2.49. The third-order valence-corrected chi connectivity index (χ3v) is 4.18. The zero-order valence-corrected chi connectivity index (χ0v) is 14.1. The van der Waals surface area contributed by atoms with Crippen molar-refractivity contribution in [2.24, 2.45) is 0 Å². The van der Waals surface area contributed by atoms with Crippen molar-refractivity contribution in [2.45, 2.75) is 31.5 Å². The number of amides is 3. The molecule has 3 rings (SSSR count). The Kier molecular flexibility index (Phi) is 4.90. The smallest absolute Gasteiger partial charge is 0.365 e. The van der Waals surface area contributed by atoms with E-state index in [0.717, 1.165) is 4.90 Å². The number of carbonyl (C=O) groups is 2. The number of nitrogens with zero attached hydrogens (tertiary/aromatic N) is 6. The Hall–Kier alpha value is -2.56. The van der Waals surface area contributed by atoms with Crippen LogP contribution in [-0.4, -0.2) is 80.3 Å². The molecule has 15 nitrogen and oxygen atoms in total. The van der Waals surface area contributed by atoms with Gasteiger partial charge in [0.1, 0.15) is 6.04 Å². The average Bonchev–Trinajstić information content (AvgIpc) is 3.08. The lowest BCUT2D eigenvalue weighted by Gasteiger charge is -2.28. The molecule has 0 radical (unpaired) electrons. The van der Waals surface area contributed by atoms with Gasteiger partial charge >= 0.3 is 16.4 Å². The number of carbonyl (C=O) groups excluding carboxylic acids is 2. The van der Waals surface area contributed by atoms with E-state index in [1.165, 1.54) is 4.80 Å². The molecule has 4 N–H and O–H groups in total. The van der Waals surface area contributed by atoms with Gasteiger partial charge in [-0.15, -0.1) is 9.38 Å². The van der Waals surface area contributed by atoms with Crippen LogP contribution < -0.4 is 11.2 Å². The zero-order valence-electron chi connectivity index (χ0n) is 13.3. The Morgan fingerprint density at radius 1 is 1.42 bits per heavy atom. The topological polar surface area (TPSA) is 195 Å². The van der Waals surface area contributed by atoms with Crippen LogP contribution in [-0.2, 0) is 30.9 Å². The molecule has 0 spiro atoms. The van der Waals surface area contributed by atoms with E-state index in [1.807, 2.05) is 0 Å². The highest BCUT2D eigenvalue weighted by Crippen LogP contribution is 2.30. The molecule has 2 aliphatic heterocycles. The van der Waals surface area contributed by atoms with Crippen LogP contribution in [0.25, 0.3) is 0 Å². The summed E-state index contributed by atoms with van der Waals surface area (Å²) in [6.45, 7) is 0.313. The fourth-order valence-electron chi connectivity index (χ4n) is 2.77. The van der Waals surface area contributed by atoms with Gasteiger partial charge in [-0.2, -0.15) is 18.3 Å². The van der Waals surface area contributed by atoms with Gasteiger partial charge in [0.15, 0.2) is 0 Å². The van der Waals surface area contributed by atoms with Gasteiger partial charge in [0, 0.05) is 6.54 Å². The van der Waals surface area contributed by atoms with Gasteiger partial charge in [-0.3, -0.25) is 14.2 Å². The van der Waals surface area contributed by atoms with E-state index in [0.29, 0.717) is 11.5 Å². The van der Waals surface area contributed by atoms with Gasteiger partial charge < -0.3 is 10.6 Å². The molecule has 2 saturated heterocycles. The summed E-state index contributed by atoms with van der Waals surface area (Å²) < 4.78 is 34.7. The van der Waals surface area contributed by atoms with Crippen molar-refractivity contribution in [3.05, 3.63) is 0 Å². The first-order valence-electron chi connectivity index (χ1n) is 7.46. The Morgan fingerprint density at radius 2 is 2.19 bits per heavy atom. The number of piperidine rings is 1. The van der Waals surface area contributed by atoms with Crippen molar-refractivity contribution in [2.75, 3.05) is 18.9 Å². The lowest BCUT2D eigenvalue weighted by molar-refractivity contribution is -0.139. The first kappa shape index (κ1) is 18.2. The van der Waals surface area contributed by atoms with Crippen molar-refractivity contribution >= 4 is 28.3 Å². The summed E-state index contributed by atoms with van der Waals surface area (Å²) in [7, 11) is -4.83. The van der Waals surface area contributed by atoms with E-state index >= 15 is 0 Å². The second-order valence-electron chi connectivity index (χ2n) is 5.57. The number of nitrogens with one attached hydrogen (secondary N) is 1. The molecule has 2 atom stereocenters. The van der Waals surface area contributed by atoms with Crippen molar-refractivity contribution < 1.29 is 31.7 Å². The molecule has 1 aromatic heterocycles. The predicted octanol–water partition coefficient (Wildman–Crippen LogP) is -2.69. The third-order valence-electron chi connectivity index (χ3n) is 3.83. The maximum atomic E-state index is 12.2. The van der Waals surface area contributed by atoms with E-state index in [4.69, 9.17) is 15.1 Å². The number of tetrazole rings is 1. The minimum atomic E-state index is -4.83. The molecule has 2 aliphatic rings. The van der Waals surface area contributed by atoms with E-state index in [2.05, 4.69) is 25.2 Å². The number of nitrogens with two attached hydrogens (primary N) is 1. The van der Waals surface area contributed by atoms with E-state index < -0.39 is 34.4 Å². The average molecular weight is 392 g/mol. The molecule has 3 amide bonds. The minimum Gasteiger partial charge on any atom is -0.365 e. The van der Waals surface area contributed by atoms with Crippen LogP contribution in [0.3, 0.4) is 0 Å². The Labute approximate surface area is 146 Å². The summed E-state index contributed by atoms with van der Waals surface area (Å²) in [5.74, 6) is -0.563. The van der Waals surface area contributed by atoms with Crippen LogP contribution in [0, 0.1) is 0 Å². The number of hydrogen-bond acceptors (Lipinski definition) is 10. The van der Waals surface area contributed by atoms with Crippen molar-refractivity contribution in [3.8, 4) is 0 Å². The number of urea groups is 1. The number of hydrogen-bond donors (Lipinski definition) is 3. The molecular formula is C10H16N8O7S. The van der Waals surface area contributed by atoms with Gasteiger partial charge in [-0.1, -0.05) is 5.10 Å². The molecule has 1 aromatic rings. The summed E-state index contributed by atoms with van der Waals surface area (Å²) >= 11 is 0. The normalized spacial score (nSPS) is 22.7. The van der Waals surface area contributed by atoms with Crippen LogP contribution in [0.4, 0.5) is 10.7 Å². The minimum absolute atomic E-state index is 0.00927. The summed E-state index contributed by atoms with van der Waals surface area (Å²) in [5.41, 5.74) is 7.52. The highest BCUT2D eigenvalue weighted by Gasteiger charge is 2.49. The van der Waals surface area contributed by atoms with Crippen LogP contribution in [0.15, 0.2) is 0 Å². The number of nitrogen functional groups attached to an aromatic ring is 1. The monoisotopic (exact) mass is 392 g/mol. The molecule has 144 valence electrons. The van der Waals surface area contributed by atoms with Gasteiger partial charge in [0.25, 0.3) is 11.9 Å². The molecule has 2 fully saturated rings. The van der Waals surface area contributed by atoms with E-state index in [1.54, 1.807) is 0 Å². The van der Waals surface area contributed by atoms with Gasteiger partial charge in [0.2, 0.25) is 0 Å². The number of rotatable bonds is 7. The van der Waals surface area contributed by atoms with E-state index in [-0.39, 0.29) is 32.1 Å². The van der Waals surface area contributed by atoms with Crippen molar-refractivity contribution in [3.63, 3.8) is 0 Å². The van der Waals surface area contributed by atoms with Crippen LogP contribution in [0.1, 0.15) is 12.8 Å². The molecule has 2 unspecified atom stereocenters. The molecule has 16 heteroatoms. The highest BCUT2D eigenvalue weighted by atomic mass is 32.3. The molecule has 2 bridgehead atoms. The zero-order chi connectivity index (χ0) is 18.9. The van der Waals surface area contributed by atoms with Gasteiger partial charge in [0.05, 0.1) is 19.2 Å². The van der Waals surface area contributed by atoms with Crippen molar-refractivity contribution in [1.82, 2.24) is 35.7 Å². The maximum absolute atomic E-state index is 12.2. The Bertz CT molecular complexity index is 797. The van der Waals surface area contributed by atoms with Gasteiger partial charge in [-0.05, 0) is 18.1 Å². The summed E-state index contributed by atoms with van der Waals surface area (Å²) in [6, 6.07) is -2.25. The summed E-state index contributed by atoms with van der Waals surface area (Å²) in [5, 5.41) is 11.4. The second kappa shape index (κ2) is 6.98. The SMILES string of the molecule is Nc1nnn(CCONC(=O)C2CCC3CN2C(=O)N3OS(=O)(=O)O)n1. The highest BCUT2D eigenvalue weighted by molar-refractivity contribution is 7.80. The Balaban J connectivity index is 1.50. The molecule has 0 aromatic carbocycles. The van der Waals surface area contributed by atoms with Gasteiger partial charge in [-0.25, -0.2) is 10.3 Å². The third kappa shape index (κ3) is 3.98. The second-order valence-corrected chi connectivity index (χ2v) is 6.57. The van der Waals surface area contributed by atoms with Crippen LogP contribution in [0.2, 0.25) is 0 Å². The number of hydroxylamine groups is 3. The number of anilines is 1. The largest absolute Gasteiger partial charge is 0.418 e. The lowest BCUT2D eigenvalue weighted by atomic mass is 10.0. The number of aromatic nitrogens is 4. The quantitative estimate of drug-likeness (QED) is 0.248.